The summed E-state index contributed by atoms with van der Waals surface area (Å²) in [6.07, 6.45) is 7.59. The van der Waals surface area contributed by atoms with Crippen LogP contribution in [0.25, 0.3) is 47.9 Å². The van der Waals surface area contributed by atoms with Crippen LogP contribution in [-0.2, 0) is 0 Å². The van der Waals surface area contributed by atoms with E-state index in [0.717, 1.165) is 51.4 Å². The molecule has 2 heterocycles. The number of hydrogen-bond acceptors (Lipinski definition) is 5. The van der Waals surface area contributed by atoms with E-state index in [4.69, 9.17) is 6.57 Å². The average molecular weight is 665 g/mol. The predicted molar refractivity (Wildman–Crippen MR) is 196 cm³/mol. The van der Waals surface area contributed by atoms with Gasteiger partial charge in [0.2, 0.25) is 0 Å². The first-order valence-electron chi connectivity index (χ1n) is 18.0. The van der Waals surface area contributed by atoms with E-state index in [1.54, 1.807) is 36.4 Å². The first kappa shape index (κ1) is 33.2. The lowest BCUT2D eigenvalue weighted by molar-refractivity contribution is 0.0565. The molecule has 5 aromatic carbocycles. The Hall–Kier alpha value is -5.34. The highest BCUT2D eigenvalue weighted by molar-refractivity contribution is 6.43. The summed E-state index contributed by atoms with van der Waals surface area (Å²) in [5.74, 6) is -1.20. The molecule has 2 aliphatic rings. The van der Waals surface area contributed by atoms with Crippen LogP contribution in [0.2, 0.25) is 0 Å². The molecule has 8 nitrogen and oxygen atoms in total. The van der Waals surface area contributed by atoms with Gasteiger partial charge < -0.3 is 0 Å². The number of unbranched alkanes of at least 4 members (excludes halogenated alkanes) is 2. The zero-order valence-electron chi connectivity index (χ0n) is 29.1. The van der Waals surface area contributed by atoms with Crippen molar-refractivity contribution in [1.29, 1.82) is 5.26 Å². The van der Waals surface area contributed by atoms with Crippen LogP contribution >= 0.6 is 0 Å². The Labute approximate surface area is 291 Å². The Balaban J connectivity index is 1.49. The SMILES string of the molecule is [C-]#[N+]c1cc2c3c(ccc4c5c(C#N)cc6c7c(ccc(c1c34)c75)C(=O)N(CC(CC)CCCC)C6=O)C(=O)N(CC(CC)CCCC)C2=O. The van der Waals surface area contributed by atoms with E-state index in [1.807, 2.05) is 0 Å². The molecule has 252 valence electrons. The second kappa shape index (κ2) is 12.8. The first-order chi connectivity index (χ1) is 24.2. The Morgan fingerprint density at radius 1 is 0.640 bits per heavy atom. The zero-order valence-corrected chi connectivity index (χ0v) is 29.1. The molecular weight excluding hydrogens is 624 g/mol. The molecule has 2 unspecified atom stereocenters. The Morgan fingerprint density at radius 3 is 1.56 bits per heavy atom. The fourth-order valence-electron chi connectivity index (χ4n) is 8.40. The summed E-state index contributed by atoms with van der Waals surface area (Å²) >= 11 is 0. The summed E-state index contributed by atoms with van der Waals surface area (Å²) in [5, 5.41) is 15.0. The summed E-state index contributed by atoms with van der Waals surface area (Å²) in [6.45, 7) is 17.3. The molecule has 0 fully saturated rings. The third-order valence-electron chi connectivity index (χ3n) is 11.2. The monoisotopic (exact) mass is 664 g/mol. The molecule has 0 spiro atoms. The van der Waals surface area contributed by atoms with Crippen molar-refractivity contribution >= 4 is 72.4 Å². The third kappa shape index (κ3) is 4.76. The van der Waals surface area contributed by atoms with Crippen molar-refractivity contribution in [3.05, 3.63) is 75.6 Å². The predicted octanol–water partition coefficient (Wildman–Crippen LogP) is 9.78. The van der Waals surface area contributed by atoms with Gasteiger partial charge in [-0.3, -0.25) is 29.0 Å². The number of hydrogen-bond donors (Lipinski definition) is 0. The normalized spacial score (nSPS) is 15.5. The van der Waals surface area contributed by atoms with Crippen molar-refractivity contribution in [3.8, 4) is 6.07 Å². The maximum Gasteiger partial charge on any atom is 0.261 e. The first-order valence-corrected chi connectivity index (χ1v) is 18.0. The third-order valence-corrected chi connectivity index (χ3v) is 11.2. The van der Waals surface area contributed by atoms with E-state index >= 15 is 0 Å². The Bertz CT molecular complexity index is 2190. The highest BCUT2D eigenvalue weighted by Gasteiger charge is 2.39. The van der Waals surface area contributed by atoms with Crippen LogP contribution in [0.1, 0.15) is 126 Å². The number of rotatable bonds is 12. The van der Waals surface area contributed by atoms with Gasteiger partial charge in [0.15, 0.2) is 5.69 Å². The molecule has 0 N–H and O–H groups in total. The van der Waals surface area contributed by atoms with Gasteiger partial charge >= 0.3 is 0 Å². The maximum atomic E-state index is 14.2. The van der Waals surface area contributed by atoms with Crippen LogP contribution in [0.5, 0.6) is 0 Å². The largest absolute Gasteiger partial charge is 0.274 e. The minimum Gasteiger partial charge on any atom is -0.274 e. The Morgan fingerprint density at radius 2 is 1.10 bits per heavy atom. The van der Waals surface area contributed by atoms with Crippen molar-refractivity contribution in [2.75, 3.05) is 13.1 Å². The molecule has 0 radical (unpaired) electrons. The molecule has 0 saturated heterocycles. The number of imide groups is 2. The lowest BCUT2D eigenvalue weighted by Gasteiger charge is -2.32. The molecule has 5 aromatic rings. The molecule has 0 aromatic heterocycles. The van der Waals surface area contributed by atoms with Crippen molar-refractivity contribution in [3.63, 3.8) is 0 Å². The molecule has 0 saturated carbocycles. The summed E-state index contributed by atoms with van der Waals surface area (Å²) in [7, 11) is 0. The maximum absolute atomic E-state index is 14.2. The highest BCUT2D eigenvalue weighted by Crippen LogP contribution is 2.50. The fraction of sp³-hybridized carbons (Fsp3) is 0.381. The molecule has 0 bridgehead atoms. The molecule has 0 aliphatic carbocycles. The highest BCUT2D eigenvalue weighted by atomic mass is 16.2. The summed E-state index contributed by atoms with van der Waals surface area (Å²) in [4.78, 5) is 63.1. The van der Waals surface area contributed by atoms with Gasteiger partial charge in [-0.25, -0.2) is 4.85 Å². The van der Waals surface area contributed by atoms with Crippen molar-refractivity contribution < 1.29 is 19.2 Å². The van der Waals surface area contributed by atoms with E-state index in [9.17, 15) is 24.4 Å². The lowest BCUT2D eigenvalue weighted by atomic mass is 9.80. The van der Waals surface area contributed by atoms with Crippen molar-refractivity contribution in [2.45, 2.75) is 79.1 Å². The van der Waals surface area contributed by atoms with Gasteiger partial charge in [-0.1, -0.05) is 78.4 Å². The fourth-order valence-corrected chi connectivity index (χ4v) is 8.40. The molecule has 8 heteroatoms. The van der Waals surface area contributed by atoms with Gasteiger partial charge in [0.05, 0.1) is 23.8 Å². The van der Waals surface area contributed by atoms with E-state index in [-0.39, 0.29) is 34.9 Å². The van der Waals surface area contributed by atoms with E-state index < -0.39 is 11.8 Å². The van der Waals surface area contributed by atoms with Crippen LogP contribution in [0.3, 0.4) is 0 Å². The quantitative estimate of drug-likeness (QED) is 0.0572. The van der Waals surface area contributed by atoms with Crippen molar-refractivity contribution in [2.24, 2.45) is 11.8 Å². The number of carbonyl (C=O) groups is 4. The van der Waals surface area contributed by atoms with Crippen LogP contribution in [0.4, 0.5) is 5.69 Å². The van der Waals surface area contributed by atoms with Gasteiger partial charge in [0, 0.05) is 45.9 Å². The van der Waals surface area contributed by atoms with Crippen LogP contribution in [-0.4, -0.2) is 46.5 Å². The van der Waals surface area contributed by atoms with E-state index in [1.165, 1.54) is 9.80 Å². The second-order valence-corrected chi connectivity index (χ2v) is 14.0. The minimum atomic E-state index is -0.417. The van der Waals surface area contributed by atoms with Crippen molar-refractivity contribution in [1.82, 2.24) is 9.80 Å². The molecule has 50 heavy (non-hydrogen) atoms. The van der Waals surface area contributed by atoms with Gasteiger partial charge in [-0.15, -0.1) is 0 Å². The molecule has 2 atom stereocenters. The van der Waals surface area contributed by atoms with Crippen LogP contribution in [0, 0.1) is 29.7 Å². The summed E-state index contributed by atoms with van der Waals surface area (Å²) < 4.78 is 0. The number of carbonyl (C=O) groups excluding carboxylic acids is 4. The molecule has 7 rings (SSSR count). The average Bonchev–Trinajstić information content (AvgIpc) is 3.14. The van der Waals surface area contributed by atoms with Gasteiger partial charge in [0.1, 0.15) is 0 Å². The van der Waals surface area contributed by atoms with Gasteiger partial charge in [-0.2, -0.15) is 5.26 Å². The topological polar surface area (TPSA) is 103 Å². The standard InChI is InChI=1S/C42H40N4O4/c1-6-10-12-23(8-3)21-45-39(47)28-17-15-27-36-32(44-5)19-31-35-29(40(48)46(42(31)50)22-24(9-4)13-11-7-2)16-14-26(38(35)36)33-25(20-43)18-30(41(45)49)34(28)37(27)33/h14-19,23-24H,6-13,21-22H2,1-4H3. The number of amides is 4. The number of nitriles is 1. The lowest BCUT2D eigenvalue weighted by Crippen LogP contribution is -2.43. The van der Waals surface area contributed by atoms with Gasteiger partial charge in [-0.05, 0) is 75.9 Å². The van der Waals surface area contributed by atoms with Gasteiger partial charge in [0.25, 0.3) is 23.6 Å². The smallest absolute Gasteiger partial charge is 0.261 e. The minimum absolute atomic E-state index is 0.172. The van der Waals surface area contributed by atoms with E-state index in [0.29, 0.717) is 78.4 Å². The summed E-state index contributed by atoms with van der Waals surface area (Å²) in [5.41, 5.74) is 1.90. The van der Waals surface area contributed by atoms with E-state index in [2.05, 4.69) is 38.6 Å². The number of fused-ring (bicyclic) bond motifs is 2. The zero-order chi connectivity index (χ0) is 35.4. The second-order valence-electron chi connectivity index (χ2n) is 14.0. The molecular formula is C42H40N4O4. The molecule has 4 amide bonds. The number of benzene rings is 5. The Kier molecular flexibility index (Phi) is 8.52. The van der Waals surface area contributed by atoms with Crippen LogP contribution < -0.4 is 0 Å². The molecule has 2 aliphatic heterocycles. The van der Waals surface area contributed by atoms with Crippen LogP contribution in [0.15, 0.2) is 36.4 Å². The number of nitrogens with zero attached hydrogens (tertiary/aromatic N) is 4. The summed E-state index contributed by atoms with van der Waals surface area (Å²) in [6, 6.07) is 12.5.